The number of carbonyl (C=O) groups is 1. The molecule has 0 saturated carbocycles. The van der Waals surface area contributed by atoms with E-state index < -0.39 is 0 Å². The van der Waals surface area contributed by atoms with Crippen LogP contribution >= 0.6 is 23.2 Å². The summed E-state index contributed by atoms with van der Waals surface area (Å²) in [4.78, 5) is 17.0. The molecule has 5 rings (SSSR count). The van der Waals surface area contributed by atoms with Gasteiger partial charge in [-0.2, -0.15) is 0 Å². The molecule has 32 heavy (non-hydrogen) atoms. The Kier molecular flexibility index (Phi) is 6.73. The van der Waals surface area contributed by atoms with E-state index in [0.29, 0.717) is 6.54 Å². The van der Waals surface area contributed by atoms with E-state index in [1.54, 1.807) is 19.2 Å². The molecular weight excluding hydrogens is 443 g/mol. The largest absolute Gasteiger partial charge is 0.497 e. The van der Waals surface area contributed by atoms with Gasteiger partial charge in [0.15, 0.2) is 0 Å². The monoisotopic (exact) mass is 466 g/mol. The Balaban J connectivity index is 0.000000230. The van der Waals surface area contributed by atoms with Gasteiger partial charge in [0.1, 0.15) is 5.75 Å². The molecule has 0 bridgehead atoms. The van der Waals surface area contributed by atoms with Crippen LogP contribution in [-0.4, -0.2) is 29.9 Å². The van der Waals surface area contributed by atoms with Crippen LogP contribution in [0.2, 0.25) is 10.0 Å². The van der Waals surface area contributed by atoms with Gasteiger partial charge in [0.2, 0.25) is 6.41 Å². The fourth-order valence-electron chi connectivity index (χ4n) is 4.07. The molecule has 164 valence electrons. The van der Waals surface area contributed by atoms with Gasteiger partial charge in [0.05, 0.1) is 13.2 Å². The van der Waals surface area contributed by atoms with Gasteiger partial charge in [0, 0.05) is 33.2 Å². The van der Waals surface area contributed by atoms with Gasteiger partial charge in [-0.1, -0.05) is 53.0 Å². The zero-order valence-corrected chi connectivity index (χ0v) is 19.5. The number of ether oxygens (including phenoxy) is 1. The number of benzene rings is 3. The van der Waals surface area contributed by atoms with E-state index in [1.165, 1.54) is 11.1 Å². The Hall–Kier alpha value is -2.95. The number of aromatic amines is 1. The zero-order chi connectivity index (χ0) is 22.7. The Morgan fingerprint density at radius 1 is 1.00 bits per heavy atom. The van der Waals surface area contributed by atoms with Crippen molar-refractivity contribution >= 4 is 40.5 Å². The van der Waals surface area contributed by atoms with Crippen molar-refractivity contribution in [3.05, 3.63) is 99.2 Å². The highest BCUT2D eigenvalue weighted by Crippen LogP contribution is 2.38. The van der Waals surface area contributed by atoms with Crippen molar-refractivity contribution in [1.29, 1.82) is 0 Å². The molecule has 1 aliphatic rings. The van der Waals surface area contributed by atoms with Crippen LogP contribution in [0.5, 0.6) is 5.75 Å². The number of H-pyrrole nitrogens is 1. The predicted molar refractivity (Wildman–Crippen MR) is 131 cm³/mol. The molecule has 1 aliphatic heterocycles. The molecule has 2 heterocycles. The SMILES string of the molecule is COc1ccc(Cl)cc1.Cc1ccc(C2c3[nH]c4ccc(Cl)cc4c3CCN2C=O)cc1. The number of hydrogen-bond acceptors (Lipinski definition) is 2. The summed E-state index contributed by atoms with van der Waals surface area (Å²) in [5.41, 5.74) is 5.78. The number of amides is 1. The molecule has 3 aromatic carbocycles. The molecular formula is C26H24Cl2N2O2. The van der Waals surface area contributed by atoms with Crippen LogP contribution < -0.4 is 4.74 Å². The summed E-state index contributed by atoms with van der Waals surface area (Å²) in [6.45, 7) is 2.78. The lowest BCUT2D eigenvalue weighted by Crippen LogP contribution is -2.34. The second-order valence-corrected chi connectivity index (χ2v) is 8.64. The summed E-state index contributed by atoms with van der Waals surface area (Å²) < 4.78 is 4.91. The molecule has 0 spiro atoms. The van der Waals surface area contributed by atoms with Crippen LogP contribution in [0, 0.1) is 6.92 Å². The summed E-state index contributed by atoms with van der Waals surface area (Å²) in [5, 5.41) is 2.63. The molecule has 6 heteroatoms. The second kappa shape index (κ2) is 9.68. The molecule has 4 aromatic rings. The van der Waals surface area contributed by atoms with Crippen LogP contribution in [-0.2, 0) is 11.2 Å². The molecule has 4 nitrogen and oxygen atoms in total. The molecule has 1 aromatic heterocycles. The van der Waals surface area contributed by atoms with E-state index in [1.807, 2.05) is 35.2 Å². The smallest absolute Gasteiger partial charge is 0.210 e. The van der Waals surface area contributed by atoms with E-state index in [2.05, 4.69) is 36.2 Å². The summed E-state index contributed by atoms with van der Waals surface area (Å²) in [6, 6.07) is 21.5. The molecule has 1 N–H and O–H groups in total. The van der Waals surface area contributed by atoms with E-state index in [9.17, 15) is 4.79 Å². The summed E-state index contributed by atoms with van der Waals surface area (Å²) in [6.07, 6.45) is 1.79. The lowest BCUT2D eigenvalue weighted by Gasteiger charge is -2.33. The maximum absolute atomic E-state index is 11.6. The number of halogens is 2. The lowest BCUT2D eigenvalue weighted by atomic mass is 9.92. The molecule has 1 atom stereocenters. The predicted octanol–water partition coefficient (Wildman–Crippen LogP) is 6.58. The van der Waals surface area contributed by atoms with Crippen LogP contribution in [0.3, 0.4) is 0 Å². The van der Waals surface area contributed by atoms with Crippen LogP contribution in [0.15, 0.2) is 66.7 Å². The standard InChI is InChI=1S/C19H17ClN2O.C7H7ClO/c1-12-2-4-13(5-3-12)19-18-15(8-9-22(19)11-23)16-10-14(20)6-7-17(16)21-18;1-9-7-4-2-6(8)3-5-7/h2-7,10-11,19,21H,8-9H2,1H3;2-5H,1H3. The van der Waals surface area contributed by atoms with Crippen molar-refractivity contribution in [2.24, 2.45) is 0 Å². The topological polar surface area (TPSA) is 45.3 Å². The lowest BCUT2D eigenvalue weighted by molar-refractivity contribution is -0.120. The van der Waals surface area contributed by atoms with E-state index >= 15 is 0 Å². The summed E-state index contributed by atoms with van der Waals surface area (Å²) >= 11 is 11.8. The maximum Gasteiger partial charge on any atom is 0.210 e. The number of aryl methyl sites for hydroxylation is 1. The number of methoxy groups -OCH3 is 1. The van der Waals surface area contributed by atoms with Crippen molar-refractivity contribution in [2.45, 2.75) is 19.4 Å². The minimum Gasteiger partial charge on any atom is -0.497 e. The van der Waals surface area contributed by atoms with E-state index in [0.717, 1.165) is 50.8 Å². The molecule has 0 saturated heterocycles. The normalized spacial score (nSPS) is 15.0. The number of fused-ring (bicyclic) bond motifs is 3. The van der Waals surface area contributed by atoms with Gasteiger partial charge in [-0.05, 0) is 66.9 Å². The average Bonchev–Trinajstić information content (AvgIpc) is 3.18. The van der Waals surface area contributed by atoms with Crippen molar-refractivity contribution in [3.8, 4) is 5.75 Å². The third-order valence-corrected chi connectivity index (χ3v) is 6.19. The summed E-state index contributed by atoms with van der Waals surface area (Å²) in [7, 11) is 1.63. The van der Waals surface area contributed by atoms with Crippen LogP contribution in [0.4, 0.5) is 0 Å². The zero-order valence-electron chi connectivity index (χ0n) is 17.9. The summed E-state index contributed by atoms with van der Waals surface area (Å²) in [5.74, 6) is 0.833. The van der Waals surface area contributed by atoms with Gasteiger partial charge >= 0.3 is 0 Å². The first-order valence-electron chi connectivity index (χ1n) is 10.4. The maximum atomic E-state index is 11.6. The Labute approximate surface area is 197 Å². The first kappa shape index (κ1) is 22.3. The number of nitrogens with zero attached hydrogens (tertiary/aromatic N) is 1. The molecule has 1 amide bonds. The van der Waals surface area contributed by atoms with Crippen LogP contribution in [0.1, 0.15) is 28.4 Å². The third kappa shape index (κ3) is 4.62. The highest BCUT2D eigenvalue weighted by atomic mass is 35.5. The van der Waals surface area contributed by atoms with Crippen molar-refractivity contribution < 1.29 is 9.53 Å². The number of nitrogens with one attached hydrogen (secondary N) is 1. The molecule has 1 unspecified atom stereocenters. The average molecular weight is 467 g/mol. The van der Waals surface area contributed by atoms with Gasteiger partial charge < -0.3 is 14.6 Å². The number of aromatic nitrogens is 1. The van der Waals surface area contributed by atoms with Crippen molar-refractivity contribution in [1.82, 2.24) is 9.88 Å². The third-order valence-electron chi connectivity index (χ3n) is 5.70. The van der Waals surface area contributed by atoms with Gasteiger partial charge in [-0.25, -0.2) is 0 Å². The highest BCUT2D eigenvalue weighted by Gasteiger charge is 2.30. The molecule has 0 aliphatic carbocycles. The quantitative estimate of drug-likeness (QED) is 0.346. The number of rotatable bonds is 3. The van der Waals surface area contributed by atoms with E-state index in [4.69, 9.17) is 27.9 Å². The Morgan fingerprint density at radius 2 is 1.69 bits per heavy atom. The minimum absolute atomic E-state index is 0.0666. The fourth-order valence-corrected chi connectivity index (χ4v) is 4.37. The van der Waals surface area contributed by atoms with E-state index in [-0.39, 0.29) is 6.04 Å². The van der Waals surface area contributed by atoms with Crippen LogP contribution in [0.25, 0.3) is 10.9 Å². The first-order valence-corrected chi connectivity index (χ1v) is 11.1. The Bertz CT molecular complexity index is 1220. The molecule has 0 fully saturated rings. The Morgan fingerprint density at radius 3 is 2.34 bits per heavy atom. The second-order valence-electron chi connectivity index (χ2n) is 7.77. The van der Waals surface area contributed by atoms with Gasteiger partial charge in [-0.15, -0.1) is 0 Å². The van der Waals surface area contributed by atoms with Gasteiger partial charge in [-0.3, -0.25) is 4.79 Å². The molecule has 0 radical (unpaired) electrons. The van der Waals surface area contributed by atoms with Crippen molar-refractivity contribution in [3.63, 3.8) is 0 Å². The van der Waals surface area contributed by atoms with Gasteiger partial charge in [0.25, 0.3) is 0 Å². The number of hydrogen-bond donors (Lipinski definition) is 1. The fraction of sp³-hybridized carbons (Fsp3) is 0.192. The minimum atomic E-state index is -0.0666. The number of carbonyl (C=O) groups excluding carboxylic acids is 1. The highest BCUT2D eigenvalue weighted by molar-refractivity contribution is 6.31. The van der Waals surface area contributed by atoms with Crippen molar-refractivity contribution in [2.75, 3.05) is 13.7 Å². The first-order chi connectivity index (χ1) is 15.5.